The zero-order valence-electron chi connectivity index (χ0n) is 13.3. The molecule has 128 valence electrons. The van der Waals surface area contributed by atoms with Crippen molar-refractivity contribution in [2.24, 2.45) is 5.11 Å². The Morgan fingerprint density at radius 2 is 2.38 bits per heavy atom. The number of aliphatic hydroxyl groups is 1. The van der Waals surface area contributed by atoms with Crippen molar-refractivity contribution in [1.29, 1.82) is 0 Å². The lowest BCUT2D eigenvalue weighted by Crippen LogP contribution is -2.22. The maximum Gasteiger partial charge on any atom is 0.247 e. The molecule has 3 N–H and O–H groups in total. The molecule has 1 aliphatic rings. The first kappa shape index (κ1) is 16.2. The van der Waals surface area contributed by atoms with Gasteiger partial charge in [0.15, 0.2) is 11.2 Å². The van der Waals surface area contributed by atoms with Gasteiger partial charge >= 0.3 is 0 Å². The molecule has 0 aromatic carbocycles. The first-order chi connectivity index (χ1) is 11.5. The third kappa shape index (κ3) is 2.92. The summed E-state index contributed by atoms with van der Waals surface area (Å²) in [5, 5.41) is 13.1. The Kier molecular flexibility index (Phi) is 4.38. The van der Waals surface area contributed by atoms with E-state index in [0.29, 0.717) is 23.5 Å². The number of aliphatic hydroxyl groups excluding tert-OH is 1. The minimum absolute atomic E-state index is 0.0585. The summed E-state index contributed by atoms with van der Waals surface area (Å²) in [7, 11) is 0. The summed E-state index contributed by atoms with van der Waals surface area (Å²) in [4.78, 5) is 15.4. The Labute approximate surface area is 137 Å². The monoisotopic (exact) mass is 334 g/mol. The number of aromatic nitrogens is 4. The van der Waals surface area contributed by atoms with E-state index in [2.05, 4.69) is 25.0 Å². The van der Waals surface area contributed by atoms with Crippen LogP contribution in [0.4, 0.5) is 5.95 Å². The third-order valence-corrected chi connectivity index (χ3v) is 3.65. The molecule has 24 heavy (non-hydrogen) atoms. The van der Waals surface area contributed by atoms with Crippen molar-refractivity contribution in [3.63, 3.8) is 0 Å². The minimum Gasteiger partial charge on any atom is -0.473 e. The number of ether oxygens (including phenoxy) is 2. The standard InChI is InChI=1S/C13H18N8O3/c1-6(2)23-12-10-11(17-13(14)18-12)21(5-16-10)9-3-7(19-20-15)8(4-22)24-9/h5-9,22H,3-4H2,1-2H3,(H2,14,17,18)/t7-,8+,9+/m0/s1. The fourth-order valence-electron chi connectivity index (χ4n) is 2.66. The molecule has 1 aliphatic heterocycles. The van der Waals surface area contributed by atoms with Crippen LogP contribution in [0.15, 0.2) is 11.4 Å². The van der Waals surface area contributed by atoms with E-state index in [-0.39, 0.29) is 18.7 Å². The van der Waals surface area contributed by atoms with Crippen LogP contribution >= 0.6 is 0 Å². The van der Waals surface area contributed by atoms with Gasteiger partial charge < -0.3 is 20.3 Å². The first-order valence-corrected chi connectivity index (χ1v) is 7.50. The highest BCUT2D eigenvalue weighted by atomic mass is 16.5. The Morgan fingerprint density at radius 3 is 3.04 bits per heavy atom. The Morgan fingerprint density at radius 1 is 1.58 bits per heavy atom. The zero-order valence-corrected chi connectivity index (χ0v) is 13.3. The lowest BCUT2D eigenvalue weighted by Gasteiger charge is -2.14. The van der Waals surface area contributed by atoms with Gasteiger partial charge in [-0.25, -0.2) is 4.98 Å². The van der Waals surface area contributed by atoms with Crippen LogP contribution in [-0.2, 0) is 4.74 Å². The third-order valence-electron chi connectivity index (χ3n) is 3.65. The highest BCUT2D eigenvalue weighted by molar-refractivity contribution is 5.77. The van der Waals surface area contributed by atoms with E-state index in [1.165, 1.54) is 0 Å². The van der Waals surface area contributed by atoms with Crippen molar-refractivity contribution in [3.05, 3.63) is 16.8 Å². The number of hydrogen-bond donors (Lipinski definition) is 2. The average molecular weight is 334 g/mol. The molecule has 0 spiro atoms. The second kappa shape index (κ2) is 6.48. The van der Waals surface area contributed by atoms with Crippen LogP contribution < -0.4 is 10.5 Å². The fraction of sp³-hybridized carbons (Fsp3) is 0.615. The van der Waals surface area contributed by atoms with Crippen molar-refractivity contribution in [1.82, 2.24) is 19.5 Å². The minimum atomic E-state index is -0.575. The summed E-state index contributed by atoms with van der Waals surface area (Å²) >= 11 is 0. The Bertz CT molecular complexity index is 785. The van der Waals surface area contributed by atoms with Crippen molar-refractivity contribution >= 4 is 17.1 Å². The molecule has 0 radical (unpaired) electrons. The van der Waals surface area contributed by atoms with E-state index < -0.39 is 18.4 Å². The summed E-state index contributed by atoms with van der Waals surface area (Å²) in [6.07, 6.45) is 0.787. The molecule has 3 atom stereocenters. The summed E-state index contributed by atoms with van der Waals surface area (Å²) in [6.45, 7) is 3.50. The Balaban J connectivity index is 1.99. The van der Waals surface area contributed by atoms with Gasteiger partial charge in [-0.1, -0.05) is 5.11 Å². The molecular formula is C13H18N8O3. The molecule has 1 saturated heterocycles. The lowest BCUT2D eigenvalue weighted by atomic mass is 10.1. The molecular weight excluding hydrogens is 316 g/mol. The Hall–Kier alpha value is -2.62. The largest absolute Gasteiger partial charge is 0.473 e. The number of nitrogens with two attached hydrogens (primary N) is 1. The van der Waals surface area contributed by atoms with E-state index in [1.807, 2.05) is 13.8 Å². The number of nitrogen functional groups attached to an aromatic ring is 1. The summed E-state index contributed by atoms with van der Waals surface area (Å²) in [6, 6.07) is -0.465. The number of hydrogen-bond acceptors (Lipinski definition) is 8. The predicted molar refractivity (Wildman–Crippen MR) is 84.0 cm³/mol. The van der Waals surface area contributed by atoms with Crippen molar-refractivity contribution in [2.75, 3.05) is 12.3 Å². The molecule has 0 aliphatic carbocycles. The van der Waals surface area contributed by atoms with Gasteiger partial charge in [-0.3, -0.25) is 4.57 Å². The quantitative estimate of drug-likeness (QED) is 0.471. The van der Waals surface area contributed by atoms with Gasteiger partial charge in [-0.2, -0.15) is 9.97 Å². The van der Waals surface area contributed by atoms with Crippen molar-refractivity contribution < 1.29 is 14.6 Å². The van der Waals surface area contributed by atoms with Crippen LogP contribution in [0.1, 0.15) is 26.5 Å². The van der Waals surface area contributed by atoms with E-state index >= 15 is 0 Å². The van der Waals surface area contributed by atoms with Gasteiger partial charge in [0.25, 0.3) is 0 Å². The molecule has 11 nitrogen and oxygen atoms in total. The second-order valence-electron chi connectivity index (χ2n) is 5.70. The van der Waals surface area contributed by atoms with Gasteiger partial charge in [0.2, 0.25) is 11.8 Å². The smallest absolute Gasteiger partial charge is 0.247 e. The number of nitrogens with zero attached hydrogens (tertiary/aromatic N) is 7. The fourth-order valence-corrected chi connectivity index (χ4v) is 2.66. The van der Waals surface area contributed by atoms with Crippen LogP contribution in [0.25, 0.3) is 21.6 Å². The van der Waals surface area contributed by atoms with Gasteiger partial charge in [0.05, 0.1) is 31.2 Å². The van der Waals surface area contributed by atoms with Crippen molar-refractivity contribution in [2.45, 2.75) is 44.7 Å². The number of anilines is 1. The van der Waals surface area contributed by atoms with Crippen LogP contribution in [0.5, 0.6) is 5.88 Å². The number of azide groups is 1. The van der Waals surface area contributed by atoms with Crippen molar-refractivity contribution in [3.8, 4) is 5.88 Å². The summed E-state index contributed by atoms with van der Waals surface area (Å²) in [5.74, 6) is 0.359. The zero-order chi connectivity index (χ0) is 17.3. The molecule has 3 heterocycles. The number of rotatable bonds is 5. The molecule has 0 amide bonds. The molecule has 11 heteroatoms. The van der Waals surface area contributed by atoms with Crippen LogP contribution in [-0.4, -0.2) is 49.5 Å². The van der Waals surface area contributed by atoms with Crippen LogP contribution in [0.2, 0.25) is 0 Å². The SMILES string of the molecule is CC(C)Oc1nc(N)nc2c1ncn2[C@H]1C[C@H](N=[N+]=[N-])[C@@H](CO)O1. The van der Waals surface area contributed by atoms with Gasteiger partial charge in [0, 0.05) is 11.3 Å². The molecule has 3 rings (SSSR count). The highest BCUT2D eigenvalue weighted by Crippen LogP contribution is 2.34. The van der Waals surface area contributed by atoms with Gasteiger partial charge in [-0.15, -0.1) is 0 Å². The maximum absolute atomic E-state index is 9.38. The molecule has 0 bridgehead atoms. The topological polar surface area (TPSA) is 157 Å². The molecule has 1 fully saturated rings. The average Bonchev–Trinajstić information content (AvgIpc) is 3.10. The highest BCUT2D eigenvalue weighted by Gasteiger charge is 2.36. The molecule has 0 saturated carbocycles. The van der Waals surface area contributed by atoms with Gasteiger partial charge in [-0.05, 0) is 19.4 Å². The van der Waals surface area contributed by atoms with E-state index in [1.54, 1.807) is 10.9 Å². The molecule has 2 aromatic rings. The second-order valence-corrected chi connectivity index (χ2v) is 5.70. The van der Waals surface area contributed by atoms with Crippen LogP contribution in [0.3, 0.4) is 0 Å². The lowest BCUT2D eigenvalue weighted by molar-refractivity contribution is -0.0232. The van der Waals surface area contributed by atoms with Crippen LogP contribution in [0, 0.1) is 0 Å². The number of fused-ring (bicyclic) bond motifs is 1. The summed E-state index contributed by atoms with van der Waals surface area (Å²) < 4.78 is 13.1. The predicted octanol–water partition coefficient (Wildman–Crippen LogP) is 1.15. The van der Waals surface area contributed by atoms with E-state index in [9.17, 15) is 5.11 Å². The van der Waals surface area contributed by atoms with Gasteiger partial charge in [0.1, 0.15) is 6.23 Å². The maximum atomic E-state index is 9.38. The number of imidazole rings is 1. The molecule has 0 unspecified atom stereocenters. The normalized spacial score (nSPS) is 23.6. The van der Waals surface area contributed by atoms with E-state index in [4.69, 9.17) is 20.7 Å². The first-order valence-electron chi connectivity index (χ1n) is 7.50. The van der Waals surface area contributed by atoms with E-state index in [0.717, 1.165) is 0 Å². The summed E-state index contributed by atoms with van der Waals surface area (Å²) in [5.41, 5.74) is 15.3. The molecule has 2 aromatic heterocycles.